The van der Waals surface area contributed by atoms with Gasteiger partial charge in [-0.2, -0.15) is 0 Å². The SMILES string of the molecule is COc1ccc(C(=O)c2c(OC)cccc2OC)nn1. The van der Waals surface area contributed by atoms with E-state index in [1.807, 2.05) is 0 Å². The van der Waals surface area contributed by atoms with Gasteiger partial charge in [-0.3, -0.25) is 4.79 Å². The highest BCUT2D eigenvalue weighted by Crippen LogP contribution is 2.30. The van der Waals surface area contributed by atoms with Crippen molar-refractivity contribution in [3.8, 4) is 17.4 Å². The molecule has 0 bridgehead atoms. The van der Waals surface area contributed by atoms with Crippen molar-refractivity contribution in [1.29, 1.82) is 0 Å². The molecule has 0 saturated carbocycles. The van der Waals surface area contributed by atoms with Gasteiger partial charge in [0, 0.05) is 6.07 Å². The van der Waals surface area contributed by atoms with Gasteiger partial charge in [-0.1, -0.05) is 6.07 Å². The van der Waals surface area contributed by atoms with E-state index in [9.17, 15) is 4.79 Å². The summed E-state index contributed by atoms with van der Waals surface area (Å²) >= 11 is 0. The summed E-state index contributed by atoms with van der Waals surface area (Å²) in [5.74, 6) is 0.863. The van der Waals surface area contributed by atoms with Gasteiger partial charge < -0.3 is 14.2 Å². The molecule has 1 aromatic heterocycles. The van der Waals surface area contributed by atoms with E-state index >= 15 is 0 Å². The second-order valence-corrected chi connectivity index (χ2v) is 3.83. The van der Waals surface area contributed by atoms with Crippen molar-refractivity contribution in [2.75, 3.05) is 21.3 Å². The molecule has 6 heteroatoms. The monoisotopic (exact) mass is 274 g/mol. The average Bonchev–Trinajstić information content (AvgIpc) is 2.53. The second kappa shape index (κ2) is 6.01. The Morgan fingerprint density at radius 2 is 1.55 bits per heavy atom. The maximum Gasteiger partial charge on any atom is 0.233 e. The number of aromatic nitrogens is 2. The lowest BCUT2D eigenvalue weighted by molar-refractivity contribution is 0.102. The molecule has 6 nitrogen and oxygen atoms in total. The summed E-state index contributed by atoms with van der Waals surface area (Å²) in [4.78, 5) is 12.5. The van der Waals surface area contributed by atoms with Gasteiger partial charge in [-0.25, -0.2) is 0 Å². The third-order valence-corrected chi connectivity index (χ3v) is 2.74. The first-order valence-electron chi connectivity index (χ1n) is 5.84. The average molecular weight is 274 g/mol. The molecule has 0 amide bonds. The van der Waals surface area contributed by atoms with E-state index < -0.39 is 0 Å². The largest absolute Gasteiger partial charge is 0.496 e. The minimum Gasteiger partial charge on any atom is -0.496 e. The summed E-state index contributed by atoms with van der Waals surface area (Å²) in [5.41, 5.74) is 0.505. The maximum absolute atomic E-state index is 12.5. The number of benzene rings is 1. The highest BCUT2D eigenvalue weighted by atomic mass is 16.5. The molecule has 1 aromatic carbocycles. The van der Waals surface area contributed by atoms with Gasteiger partial charge in [0.05, 0.1) is 21.3 Å². The van der Waals surface area contributed by atoms with Gasteiger partial charge in [0.2, 0.25) is 11.7 Å². The Bertz CT molecular complexity index is 589. The number of carbonyl (C=O) groups excluding carboxylic acids is 1. The third kappa shape index (κ3) is 2.54. The molecule has 0 radical (unpaired) electrons. The summed E-state index contributed by atoms with van der Waals surface area (Å²) in [6, 6.07) is 8.23. The minimum atomic E-state index is -0.325. The molecule has 0 fully saturated rings. The zero-order valence-electron chi connectivity index (χ0n) is 11.4. The van der Waals surface area contributed by atoms with Crippen molar-refractivity contribution in [3.63, 3.8) is 0 Å². The first-order chi connectivity index (χ1) is 9.71. The number of carbonyl (C=O) groups is 1. The molecule has 0 aliphatic carbocycles. The molecule has 0 unspecified atom stereocenters. The van der Waals surface area contributed by atoms with Crippen LogP contribution >= 0.6 is 0 Å². The molecule has 0 atom stereocenters. The lowest BCUT2D eigenvalue weighted by Gasteiger charge is -2.11. The number of rotatable bonds is 5. The van der Waals surface area contributed by atoms with Crippen LogP contribution < -0.4 is 14.2 Å². The topological polar surface area (TPSA) is 70.5 Å². The number of hydrogen-bond acceptors (Lipinski definition) is 6. The summed E-state index contributed by atoms with van der Waals surface area (Å²) < 4.78 is 15.3. The lowest BCUT2D eigenvalue weighted by Crippen LogP contribution is -2.09. The van der Waals surface area contributed by atoms with Crippen LogP contribution in [0.3, 0.4) is 0 Å². The zero-order valence-corrected chi connectivity index (χ0v) is 11.4. The second-order valence-electron chi connectivity index (χ2n) is 3.83. The van der Waals surface area contributed by atoms with Gasteiger partial charge in [-0.05, 0) is 18.2 Å². The van der Waals surface area contributed by atoms with E-state index in [0.29, 0.717) is 22.9 Å². The molecule has 2 aromatic rings. The van der Waals surface area contributed by atoms with Gasteiger partial charge in [-0.15, -0.1) is 10.2 Å². The molecule has 0 spiro atoms. The predicted molar refractivity (Wildman–Crippen MR) is 71.6 cm³/mol. The maximum atomic E-state index is 12.5. The quantitative estimate of drug-likeness (QED) is 0.773. The van der Waals surface area contributed by atoms with Crippen molar-refractivity contribution in [1.82, 2.24) is 10.2 Å². The first kappa shape index (κ1) is 13.8. The number of hydrogen-bond donors (Lipinski definition) is 0. The van der Waals surface area contributed by atoms with Crippen LogP contribution in [0.2, 0.25) is 0 Å². The van der Waals surface area contributed by atoms with Crippen LogP contribution in [0, 0.1) is 0 Å². The molecule has 20 heavy (non-hydrogen) atoms. The first-order valence-corrected chi connectivity index (χ1v) is 5.84. The Balaban J connectivity index is 2.46. The molecular formula is C14H14N2O4. The fourth-order valence-electron chi connectivity index (χ4n) is 1.75. The van der Waals surface area contributed by atoms with Crippen molar-refractivity contribution in [2.24, 2.45) is 0 Å². The van der Waals surface area contributed by atoms with Gasteiger partial charge in [0.25, 0.3) is 0 Å². The van der Waals surface area contributed by atoms with Crippen molar-refractivity contribution < 1.29 is 19.0 Å². The number of nitrogens with zero attached hydrogens (tertiary/aromatic N) is 2. The van der Waals surface area contributed by atoms with E-state index in [-0.39, 0.29) is 11.5 Å². The fraction of sp³-hybridized carbons (Fsp3) is 0.214. The highest BCUT2D eigenvalue weighted by Gasteiger charge is 2.21. The third-order valence-electron chi connectivity index (χ3n) is 2.74. The smallest absolute Gasteiger partial charge is 0.233 e. The molecule has 104 valence electrons. The summed E-state index contributed by atoms with van der Waals surface area (Å²) in [6.07, 6.45) is 0. The lowest BCUT2D eigenvalue weighted by atomic mass is 10.1. The van der Waals surface area contributed by atoms with Crippen molar-refractivity contribution >= 4 is 5.78 Å². The van der Waals surface area contributed by atoms with E-state index in [0.717, 1.165) is 0 Å². The Morgan fingerprint density at radius 3 is 2.00 bits per heavy atom. The summed E-state index contributed by atoms with van der Waals surface area (Å²) in [5, 5.41) is 7.62. The van der Waals surface area contributed by atoms with E-state index in [4.69, 9.17) is 14.2 Å². The Labute approximate surface area is 116 Å². The molecular weight excluding hydrogens is 260 g/mol. The highest BCUT2D eigenvalue weighted by molar-refractivity contribution is 6.11. The van der Waals surface area contributed by atoms with E-state index in [1.165, 1.54) is 21.3 Å². The number of ether oxygens (including phenoxy) is 3. The predicted octanol–water partition coefficient (Wildman–Crippen LogP) is 1.73. The van der Waals surface area contributed by atoms with Crippen molar-refractivity contribution in [3.05, 3.63) is 41.6 Å². The molecule has 1 heterocycles. The van der Waals surface area contributed by atoms with Crippen LogP contribution in [0.1, 0.15) is 16.1 Å². The Hall–Kier alpha value is -2.63. The van der Waals surface area contributed by atoms with Crippen LogP contribution in [0.15, 0.2) is 30.3 Å². The number of methoxy groups -OCH3 is 3. The molecule has 0 aliphatic rings. The molecule has 0 aliphatic heterocycles. The van der Waals surface area contributed by atoms with Crippen LogP contribution in [-0.2, 0) is 0 Å². The Morgan fingerprint density at radius 1 is 0.900 bits per heavy atom. The van der Waals surface area contributed by atoms with E-state index in [1.54, 1.807) is 30.3 Å². The molecule has 0 saturated heterocycles. The zero-order chi connectivity index (χ0) is 14.5. The normalized spacial score (nSPS) is 9.95. The number of ketones is 1. The molecule has 0 N–H and O–H groups in total. The van der Waals surface area contributed by atoms with Crippen molar-refractivity contribution in [2.45, 2.75) is 0 Å². The van der Waals surface area contributed by atoms with E-state index in [2.05, 4.69) is 10.2 Å². The van der Waals surface area contributed by atoms with Gasteiger partial charge in [0.1, 0.15) is 22.8 Å². The Kier molecular flexibility index (Phi) is 4.14. The van der Waals surface area contributed by atoms with Crippen LogP contribution in [0.4, 0.5) is 0 Å². The van der Waals surface area contributed by atoms with Gasteiger partial charge >= 0.3 is 0 Å². The van der Waals surface area contributed by atoms with Gasteiger partial charge in [0.15, 0.2) is 0 Å². The van der Waals surface area contributed by atoms with Crippen LogP contribution in [0.25, 0.3) is 0 Å². The standard InChI is InChI=1S/C14H14N2O4/c1-18-10-5-4-6-11(19-2)13(10)14(17)9-7-8-12(20-3)16-15-9/h4-8H,1-3H3. The van der Waals surface area contributed by atoms with Crippen LogP contribution in [0.5, 0.6) is 17.4 Å². The van der Waals surface area contributed by atoms with Crippen LogP contribution in [-0.4, -0.2) is 37.3 Å². The molecule has 2 rings (SSSR count). The summed E-state index contributed by atoms with van der Waals surface area (Å²) in [6.45, 7) is 0. The summed E-state index contributed by atoms with van der Waals surface area (Å²) in [7, 11) is 4.46. The fourth-order valence-corrected chi connectivity index (χ4v) is 1.75. The minimum absolute atomic E-state index is 0.189.